The van der Waals surface area contributed by atoms with Gasteiger partial charge in [-0.3, -0.25) is 0 Å². The third-order valence-electron chi connectivity index (χ3n) is 3.70. The van der Waals surface area contributed by atoms with Crippen molar-refractivity contribution in [3.8, 4) is 5.75 Å². The highest BCUT2D eigenvalue weighted by Gasteiger charge is 2.20. The molecule has 0 amide bonds. The van der Waals surface area contributed by atoms with Gasteiger partial charge in [0.15, 0.2) is 0 Å². The Morgan fingerprint density at radius 2 is 2.06 bits per heavy atom. The first-order valence-electron chi connectivity index (χ1n) is 6.25. The van der Waals surface area contributed by atoms with E-state index in [9.17, 15) is 0 Å². The minimum absolute atomic E-state index is 0.654. The predicted molar refractivity (Wildman–Crippen MR) is 69.7 cm³/mol. The summed E-state index contributed by atoms with van der Waals surface area (Å²) in [5.74, 6) is 1.64. The number of nitrogens with one attached hydrogen (secondary N) is 2. The number of benzene rings is 1. The van der Waals surface area contributed by atoms with E-state index in [-0.39, 0.29) is 0 Å². The van der Waals surface area contributed by atoms with Crippen molar-refractivity contribution in [3.05, 3.63) is 30.0 Å². The molecule has 1 aromatic heterocycles. The van der Waals surface area contributed by atoms with E-state index in [1.807, 2.05) is 12.1 Å². The Hall–Kier alpha value is -1.48. The van der Waals surface area contributed by atoms with Gasteiger partial charge in [0.05, 0.1) is 7.11 Å². The molecule has 3 rings (SSSR count). The first kappa shape index (κ1) is 10.7. The summed E-state index contributed by atoms with van der Waals surface area (Å²) in [6, 6.07) is 6.19. The van der Waals surface area contributed by atoms with Crippen molar-refractivity contribution < 1.29 is 4.74 Å². The Bertz CT molecular complexity index is 512. The summed E-state index contributed by atoms with van der Waals surface area (Å²) in [7, 11) is 1.74. The number of rotatable bonds is 2. The van der Waals surface area contributed by atoms with Crippen LogP contribution in [0.5, 0.6) is 5.75 Å². The largest absolute Gasteiger partial charge is 0.496 e. The van der Waals surface area contributed by atoms with E-state index in [0.29, 0.717) is 5.92 Å². The van der Waals surface area contributed by atoms with Gasteiger partial charge >= 0.3 is 0 Å². The van der Waals surface area contributed by atoms with Crippen LogP contribution in [0.2, 0.25) is 0 Å². The van der Waals surface area contributed by atoms with Crippen molar-refractivity contribution in [2.24, 2.45) is 0 Å². The van der Waals surface area contributed by atoms with Gasteiger partial charge in [-0.1, -0.05) is 6.07 Å². The van der Waals surface area contributed by atoms with Gasteiger partial charge in [-0.15, -0.1) is 0 Å². The quantitative estimate of drug-likeness (QED) is 0.832. The van der Waals surface area contributed by atoms with E-state index < -0.39 is 0 Å². The van der Waals surface area contributed by atoms with Crippen molar-refractivity contribution in [1.29, 1.82) is 0 Å². The van der Waals surface area contributed by atoms with Crippen LogP contribution >= 0.6 is 0 Å². The molecule has 2 aromatic rings. The number of hydrogen-bond acceptors (Lipinski definition) is 2. The maximum atomic E-state index is 5.48. The van der Waals surface area contributed by atoms with Gasteiger partial charge < -0.3 is 15.0 Å². The zero-order chi connectivity index (χ0) is 11.7. The maximum absolute atomic E-state index is 5.48. The van der Waals surface area contributed by atoms with Crippen molar-refractivity contribution >= 4 is 10.9 Å². The number of methoxy groups -OCH3 is 1. The third-order valence-corrected chi connectivity index (χ3v) is 3.70. The summed E-state index contributed by atoms with van der Waals surface area (Å²) >= 11 is 0. The van der Waals surface area contributed by atoms with Gasteiger partial charge in [0.25, 0.3) is 0 Å². The van der Waals surface area contributed by atoms with Crippen molar-refractivity contribution in [1.82, 2.24) is 10.3 Å². The van der Waals surface area contributed by atoms with E-state index in [4.69, 9.17) is 4.74 Å². The first-order valence-corrected chi connectivity index (χ1v) is 6.25. The number of aromatic nitrogens is 1. The number of H-pyrrole nitrogens is 1. The Morgan fingerprint density at radius 3 is 2.82 bits per heavy atom. The molecule has 1 saturated heterocycles. The number of ether oxygens (including phenoxy) is 1. The molecule has 2 N–H and O–H groups in total. The van der Waals surface area contributed by atoms with Crippen LogP contribution in [0.15, 0.2) is 24.4 Å². The van der Waals surface area contributed by atoms with Crippen LogP contribution in [0.3, 0.4) is 0 Å². The fraction of sp³-hybridized carbons (Fsp3) is 0.429. The summed E-state index contributed by atoms with van der Waals surface area (Å²) < 4.78 is 5.48. The summed E-state index contributed by atoms with van der Waals surface area (Å²) in [4.78, 5) is 3.36. The number of aromatic amines is 1. The lowest BCUT2D eigenvalue weighted by molar-refractivity contribution is 0.418. The molecule has 0 saturated carbocycles. The predicted octanol–water partition coefficient (Wildman–Crippen LogP) is 2.64. The van der Waals surface area contributed by atoms with Gasteiger partial charge in [0, 0.05) is 17.1 Å². The monoisotopic (exact) mass is 230 g/mol. The third kappa shape index (κ3) is 1.80. The molecule has 3 nitrogen and oxygen atoms in total. The van der Waals surface area contributed by atoms with Gasteiger partial charge in [-0.25, -0.2) is 0 Å². The molecule has 1 aliphatic heterocycles. The Labute approximate surface area is 101 Å². The van der Waals surface area contributed by atoms with Gasteiger partial charge in [-0.05, 0) is 49.5 Å². The van der Waals surface area contributed by atoms with E-state index in [1.54, 1.807) is 7.11 Å². The molecule has 2 heterocycles. The molecule has 1 aliphatic rings. The SMILES string of the molecule is COc1cccc2[nH]cc(C3CCNCC3)c12. The smallest absolute Gasteiger partial charge is 0.128 e. The second-order valence-electron chi connectivity index (χ2n) is 4.65. The van der Waals surface area contributed by atoms with Crippen LogP contribution in [0.25, 0.3) is 10.9 Å². The number of hydrogen-bond donors (Lipinski definition) is 2. The molecule has 1 aromatic carbocycles. The van der Waals surface area contributed by atoms with Crippen LogP contribution in [-0.2, 0) is 0 Å². The lowest BCUT2D eigenvalue weighted by Gasteiger charge is -2.22. The Morgan fingerprint density at radius 1 is 1.24 bits per heavy atom. The first-order chi connectivity index (χ1) is 8.40. The van der Waals surface area contributed by atoms with Crippen molar-refractivity contribution in [2.75, 3.05) is 20.2 Å². The zero-order valence-electron chi connectivity index (χ0n) is 10.1. The van der Waals surface area contributed by atoms with Gasteiger partial charge in [-0.2, -0.15) is 0 Å². The van der Waals surface area contributed by atoms with Crippen LogP contribution in [-0.4, -0.2) is 25.2 Å². The normalized spacial score (nSPS) is 17.5. The Kier molecular flexibility index (Phi) is 2.77. The molecule has 0 spiro atoms. The average molecular weight is 230 g/mol. The molecule has 0 aliphatic carbocycles. The van der Waals surface area contributed by atoms with Crippen LogP contribution in [0.4, 0.5) is 0 Å². The summed E-state index contributed by atoms with van der Waals surface area (Å²) in [5.41, 5.74) is 2.59. The molecule has 0 atom stereocenters. The van der Waals surface area contributed by atoms with E-state index in [0.717, 1.165) is 18.8 Å². The molecule has 0 unspecified atom stereocenters. The molecular formula is C14H18N2O. The summed E-state index contributed by atoms with van der Waals surface area (Å²) in [6.07, 6.45) is 4.58. The molecule has 90 valence electrons. The highest BCUT2D eigenvalue weighted by atomic mass is 16.5. The average Bonchev–Trinajstić information content (AvgIpc) is 2.83. The van der Waals surface area contributed by atoms with Crippen LogP contribution < -0.4 is 10.1 Å². The zero-order valence-corrected chi connectivity index (χ0v) is 10.1. The van der Waals surface area contributed by atoms with Gasteiger partial charge in [0.2, 0.25) is 0 Å². The second-order valence-corrected chi connectivity index (χ2v) is 4.65. The molecular weight excluding hydrogens is 212 g/mol. The van der Waals surface area contributed by atoms with E-state index in [1.165, 1.54) is 29.3 Å². The van der Waals surface area contributed by atoms with Crippen LogP contribution in [0.1, 0.15) is 24.3 Å². The maximum Gasteiger partial charge on any atom is 0.128 e. The molecule has 3 heteroatoms. The summed E-state index contributed by atoms with van der Waals surface area (Å²) in [6.45, 7) is 2.24. The van der Waals surface area contributed by atoms with Gasteiger partial charge in [0.1, 0.15) is 5.75 Å². The molecule has 0 bridgehead atoms. The van der Waals surface area contributed by atoms with Crippen molar-refractivity contribution in [2.45, 2.75) is 18.8 Å². The van der Waals surface area contributed by atoms with E-state index in [2.05, 4.69) is 22.6 Å². The lowest BCUT2D eigenvalue weighted by Crippen LogP contribution is -2.26. The molecule has 17 heavy (non-hydrogen) atoms. The summed E-state index contributed by atoms with van der Waals surface area (Å²) in [5, 5.41) is 4.68. The molecule has 0 radical (unpaired) electrons. The molecule has 1 fully saturated rings. The number of fused-ring (bicyclic) bond motifs is 1. The Balaban J connectivity index is 2.09. The topological polar surface area (TPSA) is 37.0 Å². The fourth-order valence-corrected chi connectivity index (χ4v) is 2.80. The minimum Gasteiger partial charge on any atom is -0.496 e. The highest BCUT2D eigenvalue weighted by Crippen LogP contribution is 2.36. The second kappa shape index (κ2) is 4.41. The fourth-order valence-electron chi connectivity index (χ4n) is 2.80. The highest BCUT2D eigenvalue weighted by molar-refractivity contribution is 5.89. The standard InChI is InChI=1S/C14H18N2O/c1-17-13-4-2-3-12-14(13)11(9-16-12)10-5-7-15-8-6-10/h2-4,9-10,15-16H,5-8H2,1H3. The van der Waals surface area contributed by atoms with Crippen molar-refractivity contribution in [3.63, 3.8) is 0 Å². The minimum atomic E-state index is 0.654. The van der Waals surface area contributed by atoms with Crippen LogP contribution in [0, 0.1) is 0 Å². The lowest BCUT2D eigenvalue weighted by atomic mass is 9.90. The number of piperidine rings is 1. The van der Waals surface area contributed by atoms with E-state index >= 15 is 0 Å².